The van der Waals surface area contributed by atoms with E-state index in [0.29, 0.717) is 5.57 Å². The second-order valence-corrected chi connectivity index (χ2v) is 9.61. The molecule has 12 nitrogen and oxygen atoms in total. The number of fused-ring (bicyclic) bond motifs is 1. The molecule has 0 bridgehead atoms. The number of aryl methyl sites for hydroxylation is 1. The summed E-state index contributed by atoms with van der Waals surface area (Å²) in [5, 5.41) is 34.8. The first kappa shape index (κ1) is 32.6. The number of carbonyl (C=O) groups is 4. The second kappa shape index (κ2) is 13.9. The fourth-order valence-corrected chi connectivity index (χ4v) is 5.70. The number of aromatic nitrogens is 4. The third-order valence-electron chi connectivity index (χ3n) is 4.33. The SMILES string of the molecule is O=C([O-])CCn1nnnc1SCC1=C(C(=O)[O-])N2C(=O)C(NC(=O)CSC(F)(F)F)[C@H]2SC1.[Na+].[Na+]. The van der Waals surface area contributed by atoms with Crippen molar-refractivity contribution in [3.8, 4) is 0 Å². The molecule has 3 heterocycles. The molecule has 1 aromatic heterocycles. The van der Waals surface area contributed by atoms with Gasteiger partial charge in [-0.05, 0) is 27.8 Å². The summed E-state index contributed by atoms with van der Waals surface area (Å²) in [5.41, 5.74) is -4.68. The molecular formula is C15H13F3N6Na2O6S3. The van der Waals surface area contributed by atoms with E-state index < -0.39 is 58.2 Å². The summed E-state index contributed by atoms with van der Waals surface area (Å²) in [6.45, 7) is -0.0561. The summed E-state index contributed by atoms with van der Waals surface area (Å²) in [6.07, 6.45) is -0.333. The molecule has 2 amide bonds. The van der Waals surface area contributed by atoms with Crippen LogP contribution in [-0.2, 0) is 25.7 Å². The van der Waals surface area contributed by atoms with E-state index >= 15 is 0 Å². The van der Waals surface area contributed by atoms with Gasteiger partial charge in [0.2, 0.25) is 11.1 Å². The molecule has 1 unspecified atom stereocenters. The van der Waals surface area contributed by atoms with Crippen molar-refractivity contribution in [3.63, 3.8) is 0 Å². The van der Waals surface area contributed by atoms with Gasteiger partial charge in [0, 0.05) is 23.9 Å². The van der Waals surface area contributed by atoms with Gasteiger partial charge in [0.15, 0.2) is 0 Å². The largest absolute Gasteiger partial charge is 1.00 e. The first-order valence-electron chi connectivity index (χ1n) is 8.95. The van der Waals surface area contributed by atoms with Crippen LogP contribution in [0.15, 0.2) is 16.4 Å². The number of carboxylic acids is 2. The topological polar surface area (TPSA) is 173 Å². The number of nitrogens with zero attached hydrogens (tertiary/aromatic N) is 5. The first-order valence-corrected chi connectivity index (χ1v) is 12.0. The Morgan fingerprint density at radius 1 is 1.23 bits per heavy atom. The summed E-state index contributed by atoms with van der Waals surface area (Å²) in [4.78, 5) is 47.5. The van der Waals surface area contributed by atoms with Crippen molar-refractivity contribution >= 4 is 59.0 Å². The molecular weight excluding hydrogens is 559 g/mol. The van der Waals surface area contributed by atoms with E-state index in [0.717, 1.165) is 28.4 Å². The van der Waals surface area contributed by atoms with Crippen LogP contribution in [-0.4, -0.2) is 83.0 Å². The van der Waals surface area contributed by atoms with Crippen LogP contribution in [0.2, 0.25) is 0 Å². The minimum Gasteiger partial charge on any atom is -0.550 e. The number of hydrogen-bond donors (Lipinski definition) is 1. The number of thioether (sulfide) groups is 3. The maximum absolute atomic E-state index is 12.5. The summed E-state index contributed by atoms with van der Waals surface area (Å²) in [5.74, 6) is -5.46. The van der Waals surface area contributed by atoms with Gasteiger partial charge in [-0.25, -0.2) is 4.68 Å². The predicted molar refractivity (Wildman–Crippen MR) is 104 cm³/mol. The number of aliphatic carboxylic acids is 2. The Morgan fingerprint density at radius 3 is 2.51 bits per heavy atom. The maximum atomic E-state index is 12.5. The number of carboxylic acid groups (broad SMARTS) is 2. The Balaban J connectivity index is 0.00000306. The van der Waals surface area contributed by atoms with Crippen LogP contribution in [0.4, 0.5) is 13.2 Å². The average molecular weight is 572 g/mol. The minimum atomic E-state index is -4.60. The van der Waals surface area contributed by atoms with E-state index in [1.807, 2.05) is 0 Å². The number of carbonyl (C=O) groups excluding carboxylic acids is 4. The van der Waals surface area contributed by atoms with Gasteiger partial charge in [-0.2, -0.15) is 13.2 Å². The molecule has 35 heavy (non-hydrogen) atoms. The van der Waals surface area contributed by atoms with Gasteiger partial charge >= 0.3 is 64.6 Å². The Hall–Kier alpha value is -0.470. The van der Waals surface area contributed by atoms with Gasteiger partial charge in [0.05, 0.1) is 24.0 Å². The number of tetrazole rings is 1. The molecule has 20 heteroatoms. The van der Waals surface area contributed by atoms with Crippen LogP contribution >= 0.6 is 35.3 Å². The van der Waals surface area contributed by atoms with Crippen LogP contribution in [0.3, 0.4) is 0 Å². The number of nitrogens with one attached hydrogen (secondary N) is 1. The summed E-state index contributed by atoms with van der Waals surface area (Å²) in [7, 11) is 0. The molecule has 0 radical (unpaired) electrons. The van der Waals surface area contributed by atoms with Gasteiger partial charge in [-0.1, -0.05) is 11.8 Å². The molecule has 1 aromatic rings. The Morgan fingerprint density at radius 2 is 1.91 bits per heavy atom. The maximum Gasteiger partial charge on any atom is 1.00 e. The van der Waals surface area contributed by atoms with Crippen molar-refractivity contribution in [3.05, 3.63) is 11.3 Å². The van der Waals surface area contributed by atoms with Gasteiger partial charge in [-0.3, -0.25) is 14.5 Å². The molecule has 0 spiro atoms. The molecule has 1 N–H and O–H groups in total. The molecule has 2 atom stereocenters. The van der Waals surface area contributed by atoms with E-state index in [1.165, 1.54) is 4.68 Å². The zero-order chi connectivity index (χ0) is 24.3. The Bertz CT molecular complexity index is 1010. The Labute approximate surface area is 252 Å². The molecule has 3 rings (SSSR count). The summed E-state index contributed by atoms with van der Waals surface area (Å²) < 4.78 is 37.9. The second-order valence-electron chi connectivity index (χ2n) is 6.52. The number of rotatable bonds is 10. The Kier molecular flexibility index (Phi) is 12.9. The molecule has 0 aliphatic carbocycles. The van der Waals surface area contributed by atoms with Crippen LogP contribution in [0.5, 0.6) is 0 Å². The average Bonchev–Trinajstić information content (AvgIpc) is 3.19. The number of amides is 2. The van der Waals surface area contributed by atoms with Crippen molar-refractivity contribution in [1.29, 1.82) is 0 Å². The molecule has 0 saturated carbocycles. The fraction of sp³-hybridized carbons (Fsp3) is 0.533. The monoisotopic (exact) mass is 572 g/mol. The smallest absolute Gasteiger partial charge is 0.550 e. The van der Waals surface area contributed by atoms with Crippen molar-refractivity contribution in [2.45, 2.75) is 35.0 Å². The minimum absolute atomic E-state index is 0. The third-order valence-corrected chi connectivity index (χ3v) is 7.44. The zero-order valence-electron chi connectivity index (χ0n) is 18.2. The molecule has 0 aromatic carbocycles. The molecule has 1 saturated heterocycles. The van der Waals surface area contributed by atoms with E-state index in [2.05, 4.69) is 20.8 Å². The summed E-state index contributed by atoms with van der Waals surface area (Å²) >= 11 is 1.60. The standard InChI is InChI=1S/C15H15F3N6O6S3.2Na/c16-15(17,18)33-5-7(25)19-9-11(28)24-10(13(29)30)6(3-31-12(9)24)4-32-14-20-21-22-23(14)2-1-8(26)27;;/h9,12H,1-5H2,(H,19,25)(H,26,27)(H,29,30);;/q;2*+1/p-2/t9?,12-;;/m1../s1. The van der Waals surface area contributed by atoms with Crippen molar-refractivity contribution < 1.29 is 102 Å². The van der Waals surface area contributed by atoms with Crippen LogP contribution in [0, 0.1) is 0 Å². The number of β-lactam (4-membered cyclic amide) rings is 1. The molecule has 180 valence electrons. The van der Waals surface area contributed by atoms with Crippen LogP contribution in [0.1, 0.15) is 6.42 Å². The van der Waals surface area contributed by atoms with Gasteiger partial charge in [-0.15, -0.1) is 16.9 Å². The first-order chi connectivity index (χ1) is 15.5. The van der Waals surface area contributed by atoms with Gasteiger partial charge in [0.1, 0.15) is 11.4 Å². The van der Waals surface area contributed by atoms with Crippen molar-refractivity contribution in [2.24, 2.45) is 0 Å². The molecule has 2 aliphatic rings. The van der Waals surface area contributed by atoms with Crippen LogP contribution in [0.25, 0.3) is 0 Å². The van der Waals surface area contributed by atoms with E-state index in [4.69, 9.17) is 0 Å². The molecule has 1 fully saturated rings. The normalized spacial score (nSPS) is 19.2. The third kappa shape index (κ3) is 8.53. The van der Waals surface area contributed by atoms with Gasteiger partial charge in [0.25, 0.3) is 5.91 Å². The van der Waals surface area contributed by atoms with Crippen molar-refractivity contribution in [2.75, 3.05) is 17.3 Å². The number of halogens is 3. The van der Waals surface area contributed by atoms with E-state index in [-0.39, 0.29) is 94.4 Å². The number of hydrogen-bond acceptors (Lipinski definition) is 12. The van der Waals surface area contributed by atoms with E-state index in [1.54, 1.807) is 0 Å². The quantitative estimate of drug-likeness (QED) is 0.160. The molecule has 2 aliphatic heterocycles. The van der Waals surface area contributed by atoms with E-state index in [9.17, 15) is 42.6 Å². The van der Waals surface area contributed by atoms with Crippen LogP contribution < -0.4 is 74.6 Å². The summed E-state index contributed by atoms with van der Waals surface area (Å²) in [6, 6.07) is -1.16. The zero-order valence-corrected chi connectivity index (χ0v) is 24.7. The van der Waals surface area contributed by atoms with Crippen molar-refractivity contribution in [1.82, 2.24) is 30.4 Å². The fourth-order valence-electron chi connectivity index (χ4n) is 2.93. The number of alkyl halides is 3. The predicted octanol–water partition coefficient (Wildman–Crippen LogP) is -8.43. The van der Waals surface area contributed by atoms with Gasteiger partial charge < -0.3 is 25.1 Å².